The van der Waals surface area contributed by atoms with Gasteiger partial charge in [-0.25, -0.2) is 0 Å². The van der Waals surface area contributed by atoms with Crippen molar-refractivity contribution in [1.29, 1.82) is 0 Å². The van der Waals surface area contributed by atoms with Crippen LogP contribution in [-0.4, -0.2) is 4.57 Å². The number of fused-ring (bicyclic) bond motifs is 3. The highest BCUT2D eigenvalue weighted by Crippen LogP contribution is 2.40. The summed E-state index contributed by atoms with van der Waals surface area (Å²) in [5.74, 6) is 0. The summed E-state index contributed by atoms with van der Waals surface area (Å²) < 4.78 is 2.40. The molecule has 2 nitrogen and oxygen atoms in total. The summed E-state index contributed by atoms with van der Waals surface area (Å²) in [7, 11) is 0. The minimum Gasteiger partial charge on any atom is -0.310 e. The number of aromatic nitrogens is 1. The minimum atomic E-state index is 1.11. The average Bonchev–Trinajstić information content (AvgIpc) is 3.53. The summed E-state index contributed by atoms with van der Waals surface area (Å²) in [6, 6.07) is 63.7. The summed E-state index contributed by atoms with van der Waals surface area (Å²) >= 11 is 0. The van der Waals surface area contributed by atoms with Gasteiger partial charge in [-0.05, 0) is 107 Å². The molecule has 0 unspecified atom stereocenters. The van der Waals surface area contributed by atoms with E-state index in [1.165, 1.54) is 55.2 Å². The van der Waals surface area contributed by atoms with E-state index in [1.807, 2.05) is 0 Å². The van der Waals surface area contributed by atoms with Crippen molar-refractivity contribution in [3.8, 4) is 27.9 Å². The third kappa shape index (κ3) is 5.51. The molecule has 7 aromatic carbocycles. The summed E-state index contributed by atoms with van der Waals surface area (Å²) in [5.41, 5.74) is 14.5. The first-order chi connectivity index (χ1) is 24.8. The van der Waals surface area contributed by atoms with Crippen molar-refractivity contribution in [3.05, 3.63) is 200 Å². The Morgan fingerprint density at radius 2 is 0.980 bits per heavy atom. The van der Waals surface area contributed by atoms with Gasteiger partial charge in [-0.3, -0.25) is 0 Å². The highest BCUT2D eigenvalue weighted by Gasteiger charge is 2.18. The molecule has 1 aliphatic rings. The molecule has 238 valence electrons. The Kier molecular flexibility index (Phi) is 7.68. The fourth-order valence-corrected chi connectivity index (χ4v) is 7.36. The maximum atomic E-state index is 2.40. The highest BCUT2D eigenvalue weighted by molar-refractivity contribution is 6.11. The van der Waals surface area contributed by atoms with Crippen LogP contribution >= 0.6 is 0 Å². The van der Waals surface area contributed by atoms with Crippen molar-refractivity contribution < 1.29 is 0 Å². The Morgan fingerprint density at radius 1 is 0.420 bits per heavy atom. The SMILES string of the molecule is C1=CCCC(c2ccc(-c3ccc(-c4ccc5c(c4)c4ccc(N(c6ccccc6)c6ccccc6)cc4n5-c4ccccc4)cc3)cc2)=C1. The smallest absolute Gasteiger partial charge is 0.0561 e. The molecule has 0 saturated carbocycles. The predicted octanol–water partition coefficient (Wildman–Crippen LogP) is 13.3. The summed E-state index contributed by atoms with van der Waals surface area (Å²) in [6.07, 6.45) is 8.88. The van der Waals surface area contributed by atoms with E-state index in [4.69, 9.17) is 0 Å². The van der Waals surface area contributed by atoms with Gasteiger partial charge < -0.3 is 9.47 Å². The number of nitrogens with zero attached hydrogens (tertiary/aromatic N) is 2. The Labute approximate surface area is 293 Å². The van der Waals surface area contributed by atoms with Crippen LogP contribution in [-0.2, 0) is 0 Å². The van der Waals surface area contributed by atoms with Gasteiger partial charge in [0.15, 0.2) is 0 Å². The van der Waals surface area contributed by atoms with Crippen LogP contribution in [0.25, 0.3) is 55.3 Å². The maximum absolute atomic E-state index is 2.40. The zero-order valence-corrected chi connectivity index (χ0v) is 27.8. The second-order valence-electron chi connectivity index (χ2n) is 12.9. The molecule has 0 spiro atoms. The molecular formula is C48H36N2. The number of hydrogen-bond donors (Lipinski definition) is 0. The van der Waals surface area contributed by atoms with Gasteiger partial charge in [-0.15, -0.1) is 0 Å². The van der Waals surface area contributed by atoms with E-state index in [-0.39, 0.29) is 0 Å². The second kappa shape index (κ2) is 12.9. The lowest BCUT2D eigenvalue weighted by atomic mass is 9.94. The summed E-state index contributed by atoms with van der Waals surface area (Å²) in [6.45, 7) is 0. The molecule has 0 saturated heterocycles. The van der Waals surface area contributed by atoms with E-state index in [0.717, 1.165) is 35.6 Å². The van der Waals surface area contributed by atoms with Gasteiger partial charge in [-0.1, -0.05) is 133 Å². The largest absolute Gasteiger partial charge is 0.310 e. The number of para-hydroxylation sites is 3. The first-order valence-corrected chi connectivity index (χ1v) is 17.4. The fraction of sp³-hybridized carbons (Fsp3) is 0.0417. The molecule has 0 fully saturated rings. The number of hydrogen-bond acceptors (Lipinski definition) is 1. The molecule has 1 aromatic heterocycles. The minimum absolute atomic E-state index is 1.11. The third-order valence-electron chi connectivity index (χ3n) is 9.87. The van der Waals surface area contributed by atoms with E-state index < -0.39 is 0 Å². The zero-order chi connectivity index (χ0) is 33.3. The standard InChI is InChI=1S/C48H36N2/c1-5-13-35(14-6-1)36-21-23-37(24-22-36)38-25-27-39(28-26-38)40-29-32-47-46(33-40)45-31-30-44(34-48(45)50(47)43-19-11-4-12-20-43)49(41-15-7-2-8-16-41)42-17-9-3-10-18-42/h1-5,7-13,15-34H,6,14H2. The van der Waals surface area contributed by atoms with Crippen LogP contribution in [0, 0.1) is 0 Å². The van der Waals surface area contributed by atoms with Crippen LogP contribution in [0.5, 0.6) is 0 Å². The van der Waals surface area contributed by atoms with Crippen LogP contribution in [0.1, 0.15) is 18.4 Å². The van der Waals surface area contributed by atoms with Crippen LogP contribution in [0.15, 0.2) is 194 Å². The lowest BCUT2D eigenvalue weighted by Crippen LogP contribution is -2.09. The van der Waals surface area contributed by atoms with Gasteiger partial charge in [0.05, 0.1) is 11.0 Å². The van der Waals surface area contributed by atoms with Crippen LogP contribution in [0.3, 0.4) is 0 Å². The van der Waals surface area contributed by atoms with Gasteiger partial charge in [0.25, 0.3) is 0 Å². The van der Waals surface area contributed by atoms with Crippen molar-refractivity contribution in [2.24, 2.45) is 0 Å². The van der Waals surface area contributed by atoms with E-state index in [1.54, 1.807) is 0 Å². The Morgan fingerprint density at radius 3 is 1.58 bits per heavy atom. The topological polar surface area (TPSA) is 8.17 Å². The molecule has 0 N–H and O–H groups in total. The van der Waals surface area contributed by atoms with E-state index in [2.05, 4.69) is 204 Å². The quantitative estimate of drug-likeness (QED) is 0.168. The number of allylic oxidation sites excluding steroid dienone is 4. The van der Waals surface area contributed by atoms with Crippen LogP contribution < -0.4 is 4.90 Å². The van der Waals surface area contributed by atoms with Gasteiger partial charge in [-0.2, -0.15) is 0 Å². The van der Waals surface area contributed by atoms with Gasteiger partial charge in [0, 0.05) is 33.5 Å². The van der Waals surface area contributed by atoms with Crippen LogP contribution in [0.2, 0.25) is 0 Å². The van der Waals surface area contributed by atoms with E-state index in [9.17, 15) is 0 Å². The first-order valence-electron chi connectivity index (χ1n) is 17.4. The Hall–Kier alpha value is -6.38. The van der Waals surface area contributed by atoms with E-state index in [0.29, 0.717) is 0 Å². The number of rotatable bonds is 7. The lowest BCUT2D eigenvalue weighted by Gasteiger charge is -2.25. The molecular weight excluding hydrogens is 605 g/mol. The van der Waals surface area contributed by atoms with Crippen molar-refractivity contribution in [3.63, 3.8) is 0 Å². The molecule has 0 atom stereocenters. The summed E-state index contributed by atoms with van der Waals surface area (Å²) in [5, 5.41) is 2.47. The van der Waals surface area contributed by atoms with Gasteiger partial charge in [0.2, 0.25) is 0 Å². The molecule has 8 aromatic rings. The fourth-order valence-electron chi connectivity index (χ4n) is 7.36. The predicted molar refractivity (Wildman–Crippen MR) is 213 cm³/mol. The lowest BCUT2D eigenvalue weighted by molar-refractivity contribution is 1.05. The Balaban J connectivity index is 1.12. The van der Waals surface area contributed by atoms with Crippen molar-refractivity contribution >= 4 is 44.4 Å². The average molecular weight is 641 g/mol. The normalized spacial score (nSPS) is 12.7. The molecule has 0 aliphatic heterocycles. The van der Waals surface area contributed by atoms with E-state index >= 15 is 0 Å². The van der Waals surface area contributed by atoms with Crippen molar-refractivity contribution in [1.82, 2.24) is 4.57 Å². The molecule has 1 heterocycles. The van der Waals surface area contributed by atoms with Crippen LogP contribution in [0.4, 0.5) is 17.1 Å². The molecule has 1 aliphatic carbocycles. The molecule has 50 heavy (non-hydrogen) atoms. The van der Waals surface area contributed by atoms with Gasteiger partial charge >= 0.3 is 0 Å². The highest BCUT2D eigenvalue weighted by atomic mass is 15.1. The second-order valence-corrected chi connectivity index (χ2v) is 12.9. The van der Waals surface area contributed by atoms with Crippen molar-refractivity contribution in [2.45, 2.75) is 12.8 Å². The third-order valence-corrected chi connectivity index (χ3v) is 9.87. The Bertz CT molecular complexity index is 2450. The number of benzene rings is 7. The van der Waals surface area contributed by atoms with Gasteiger partial charge in [0.1, 0.15) is 0 Å². The molecule has 2 heteroatoms. The zero-order valence-electron chi connectivity index (χ0n) is 27.8. The van der Waals surface area contributed by atoms with Crippen molar-refractivity contribution in [2.75, 3.05) is 4.90 Å². The molecule has 9 rings (SSSR count). The number of anilines is 3. The summed E-state index contributed by atoms with van der Waals surface area (Å²) in [4.78, 5) is 2.33. The first kappa shape index (κ1) is 29.7. The monoisotopic (exact) mass is 640 g/mol. The maximum Gasteiger partial charge on any atom is 0.0561 e. The molecule has 0 radical (unpaired) electrons. The molecule has 0 amide bonds. The molecule has 0 bridgehead atoms.